The highest BCUT2D eigenvalue weighted by atomic mass is 32.1. The van der Waals surface area contributed by atoms with Crippen molar-refractivity contribution in [3.63, 3.8) is 0 Å². The van der Waals surface area contributed by atoms with Gasteiger partial charge in [-0.25, -0.2) is 22.8 Å². The summed E-state index contributed by atoms with van der Waals surface area (Å²) in [5.41, 5.74) is 0.137. The van der Waals surface area contributed by atoms with Crippen LogP contribution in [0.1, 0.15) is 10.4 Å². The first-order chi connectivity index (χ1) is 10.1. The highest BCUT2D eigenvalue weighted by molar-refractivity contribution is 7.13. The van der Waals surface area contributed by atoms with Gasteiger partial charge in [-0.15, -0.1) is 11.3 Å². The van der Waals surface area contributed by atoms with E-state index in [1.807, 2.05) is 0 Å². The van der Waals surface area contributed by atoms with Crippen molar-refractivity contribution < 1.29 is 18.0 Å². The van der Waals surface area contributed by atoms with Crippen LogP contribution in [0.4, 0.5) is 13.2 Å². The molecule has 0 saturated heterocycles. The van der Waals surface area contributed by atoms with E-state index in [9.17, 15) is 18.0 Å². The van der Waals surface area contributed by atoms with Gasteiger partial charge in [-0.3, -0.25) is 4.79 Å². The normalized spacial score (nSPS) is 10.8. The molecule has 0 fully saturated rings. The summed E-state index contributed by atoms with van der Waals surface area (Å²) in [6.45, 7) is 0. The standard InChI is InChI=1S/C13H6F3N3OS/c14-8-3-10(16)11(4-9(8)15)19-5-7(6-20)12(18-19)13-17-1-2-21-13/h1-6H. The smallest absolute Gasteiger partial charge is 0.161 e. The number of thiazole rings is 1. The highest BCUT2D eigenvalue weighted by Crippen LogP contribution is 2.25. The van der Waals surface area contributed by atoms with E-state index in [1.54, 1.807) is 5.38 Å². The molecule has 0 saturated carbocycles. The molecule has 1 aromatic carbocycles. The minimum Gasteiger partial charge on any atom is -0.298 e. The zero-order chi connectivity index (χ0) is 15.0. The van der Waals surface area contributed by atoms with Crippen LogP contribution in [0.5, 0.6) is 0 Å². The molecule has 0 unspecified atom stereocenters. The summed E-state index contributed by atoms with van der Waals surface area (Å²) >= 11 is 1.25. The fourth-order valence-electron chi connectivity index (χ4n) is 1.79. The van der Waals surface area contributed by atoms with Gasteiger partial charge >= 0.3 is 0 Å². The van der Waals surface area contributed by atoms with Gasteiger partial charge in [-0.05, 0) is 0 Å². The number of aromatic nitrogens is 3. The Labute approximate surface area is 120 Å². The van der Waals surface area contributed by atoms with Gasteiger partial charge < -0.3 is 0 Å². The van der Waals surface area contributed by atoms with Crippen LogP contribution in [0, 0.1) is 17.5 Å². The maximum atomic E-state index is 13.7. The average Bonchev–Trinajstić information content (AvgIpc) is 3.10. The first-order valence-electron chi connectivity index (χ1n) is 5.70. The van der Waals surface area contributed by atoms with Crippen LogP contribution in [0.15, 0.2) is 29.9 Å². The lowest BCUT2D eigenvalue weighted by atomic mass is 10.2. The lowest BCUT2D eigenvalue weighted by molar-refractivity contribution is 0.112. The van der Waals surface area contributed by atoms with Crippen LogP contribution < -0.4 is 0 Å². The fraction of sp³-hybridized carbons (Fsp3) is 0. The molecule has 4 nitrogen and oxygen atoms in total. The number of hydrogen-bond donors (Lipinski definition) is 0. The highest BCUT2D eigenvalue weighted by Gasteiger charge is 2.17. The van der Waals surface area contributed by atoms with Crippen LogP contribution in [-0.4, -0.2) is 21.1 Å². The van der Waals surface area contributed by atoms with Crippen LogP contribution in [0.25, 0.3) is 16.4 Å². The summed E-state index contributed by atoms with van der Waals surface area (Å²) < 4.78 is 40.9. The Morgan fingerprint density at radius 1 is 1.14 bits per heavy atom. The Balaban J connectivity index is 2.17. The largest absolute Gasteiger partial charge is 0.298 e. The Kier molecular flexibility index (Phi) is 3.30. The maximum absolute atomic E-state index is 13.7. The van der Waals surface area contributed by atoms with E-state index >= 15 is 0 Å². The second kappa shape index (κ2) is 5.13. The van der Waals surface area contributed by atoms with E-state index in [1.165, 1.54) is 23.7 Å². The van der Waals surface area contributed by atoms with Gasteiger partial charge in [-0.1, -0.05) is 0 Å². The van der Waals surface area contributed by atoms with Crippen molar-refractivity contribution in [1.82, 2.24) is 14.8 Å². The molecule has 0 aliphatic heterocycles. The molecule has 21 heavy (non-hydrogen) atoms. The van der Waals surface area contributed by atoms with Gasteiger partial charge in [0.25, 0.3) is 0 Å². The average molecular weight is 309 g/mol. The molecule has 0 aliphatic rings. The lowest BCUT2D eigenvalue weighted by Gasteiger charge is -2.03. The fourth-order valence-corrected chi connectivity index (χ4v) is 2.43. The van der Waals surface area contributed by atoms with Crippen molar-refractivity contribution in [2.45, 2.75) is 0 Å². The molecular weight excluding hydrogens is 303 g/mol. The molecule has 0 N–H and O–H groups in total. The number of halogens is 3. The Morgan fingerprint density at radius 3 is 2.57 bits per heavy atom. The third-order valence-corrected chi connectivity index (χ3v) is 3.52. The molecule has 0 amide bonds. The summed E-state index contributed by atoms with van der Waals surface area (Å²) in [5, 5.41) is 6.20. The van der Waals surface area contributed by atoms with E-state index in [0.29, 0.717) is 23.4 Å². The first-order valence-corrected chi connectivity index (χ1v) is 6.57. The van der Waals surface area contributed by atoms with Crippen LogP contribution in [0.2, 0.25) is 0 Å². The van der Waals surface area contributed by atoms with Gasteiger partial charge in [0.2, 0.25) is 0 Å². The number of hydrogen-bond acceptors (Lipinski definition) is 4. The van der Waals surface area contributed by atoms with Crippen molar-refractivity contribution in [3.8, 4) is 16.4 Å². The van der Waals surface area contributed by atoms with Gasteiger partial charge in [0.05, 0.1) is 5.56 Å². The molecule has 8 heteroatoms. The Morgan fingerprint density at radius 2 is 1.90 bits per heavy atom. The molecule has 3 aromatic rings. The van der Waals surface area contributed by atoms with Crippen molar-refractivity contribution in [3.05, 3.63) is 52.9 Å². The van der Waals surface area contributed by atoms with Crippen LogP contribution in [-0.2, 0) is 0 Å². The Hall–Kier alpha value is -2.48. The number of rotatable bonds is 3. The maximum Gasteiger partial charge on any atom is 0.161 e. The summed E-state index contributed by atoms with van der Waals surface area (Å²) in [6, 6.07) is 1.11. The zero-order valence-electron chi connectivity index (χ0n) is 10.3. The third-order valence-electron chi connectivity index (χ3n) is 2.74. The molecule has 0 aliphatic carbocycles. The second-order valence-corrected chi connectivity index (χ2v) is 4.95. The number of carbonyl (C=O) groups excluding carboxylic acids is 1. The van der Waals surface area contributed by atoms with Crippen molar-refractivity contribution >= 4 is 17.6 Å². The minimum atomic E-state index is -1.29. The minimum absolute atomic E-state index is 0.175. The summed E-state index contributed by atoms with van der Waals surface area (Å²) in [4.78, 5) is 15.1. The zero-order valence-corrected chi connectivity index (χ0v) is 11.1. The quantitative estimate of drug-likeness (QED) is 0.551. The predicted molar refractivity (Wildman–Crippen MR) is 69.9 cm³/mol. The SMILES string of the molecule is O=Cc1cn(-c2cc(F)c(F)cc2F)nc1-c1nccs1. The van der Waals surface area contributed by atoms with E-state index < -0.39 is 17.5 Å². The van der Waals surface area contributed by atoms with Gasteiger partial charge in [0.15, 0.2) is 23.7 Å². The van der Waals surface area contributed by atoms with Gasteiger partial charge in [0.1, 0.15) is 16.4 Å². The second-order valence-electron chi connectivity index (χ2n) is 4.05. The van der Waals surface area contributed by atoms with Crippen LogP contribution >= 0.6 is 11.3 Å². The van der Waals surface area contributed by atoms with E-state index in [2.05, 4.69) is 10.1 Å². The van der Waals surface area contributed by atoms with Crippen LogP contribution in [0.3, 0.4) is 0 Å². The Bertz CT molecular complexity index is 814. The first kappa shape index (κ1) is 13.5. The predicted octanol–water partition coefficient (Wildman–Crippen LogP) is 3.23. The molecule has 0 spiro atoms. The topological polar surface area (TPSA) is 47.8 Å². The summed E-state index contributed by atoms with van der Waals surface area (Å²) in [7, 11) is 0. The number of nitrogens with zero attached hydrogens (tertiary/aromatic N) is 3. The van der Waals surface area contributed by atoms with Crippen molar-refractivity contribution in [1.29, 1.82) is 0 Å². The summed E-state index contributed by atoms with van der Waals surface area (Å²) in [5.74, 6) is -3.48. The number of benzene rings is 1. The molecule has 2 aromatic heterocycles. The van der Waals surface area contributed by atoms with E-state index in [0.717, 1.165) is 4.68 Å². The number of carbonyl (C=O) groups is 1. The van der Waals surface area contributed by atoms with Crippen molar-refractivity contribution in [2.24, 2.45) is 0 Å². The van der Waals surface area contributed by atoms with Gasteiger partial charge in [0, 0.05) is 29.9 Å². The number of aldehydes is 1. The summed E-state index contributed by atoms with van der Waals surface area (Å²) in [6.07, 6.45) is 3.31. The monoisotopic (exact) mass is 309 g/mol. The van der Waals surface area contributed by atoms with E-state index in [4.69, 9.17) is 0 Å². The van der Waals surface area contributed by atoms with Crippen molar-refractivity contribution in [2.75, 3.05) is 0 Å². The van der Waals surface area contributed by atoms with Gasteiger partial charge in [-0.2, -0.15) is 5.10 Å². The molecule has 0 bridgehead atoms. The molecule has 106 valence electrons. The molecule has 0 atom stereocenters. The lowest BCUT2D eigenvalue weighted by Crippen LogP contribution is -2.01. The molecule has 0 radical (unpaired) electrons. The van der Waals surface area contributed by atoms with E-state index in [-0.39, 0.29) is 16.9 Å². The molecule has 2 heterocycles. The molecular formula is C13H6F3N3OS. The third kappa shape index (κ3) is 2.33. The molecule has 3 rings (SSSR count).